The number of ether oxygens (including phenoxy) is 2. The first-order valence-electron chi connectivity index (χ1n) is 12.9. The molecule has 2 N–H and O–H groups in total. The van der Waals surface area contributed by atoms with Crippen molar-refractivity contribution in [1.82, 2.24) is 14.5 Å². The summed E-state index contributed by atoms with van der Waals surface area (Å²) < 4.78 is 53.3. The molecule has 12 heteroatoms. The molecule has 5 rings (SSSR count). The van der Waals surface area contributed by atoms with Crippen LogP contribution < -0.4 is 25.7 Å². The van der Waals surface area contributed by atoms with Crippen molar-refractivity contribution in [3.05, 3.63) is 82.9 Å². The van der Waals surface area contributed by atoms with Crippen molar-refractivity contribution >= 4 is 28.3 Å². The molecule has 0 bridgehead atoms. The minimum absolute atomic E-state index is 0.100. The summed E-state index contributed by atoms with van der Waals surface area (Å²) in [4.78, 5) is 31.6. The number of urea groups is 1. The van der Waals surface area contributed by atoms with Gasteiger partial charge in [-0.05, 0) is 75.0 Å². The minimum Gasteiger partial charge on any atom is -0.490 e. The number of benzene rings is 3. The summed E-state index contributed by atoms with van der Waals surface area (Å²) >= 11 is 0. The molecule has 4 aromatic rings. The fourth-order valence-electron chi connectivity index (χ4n) is 4.62. The average molecular weight is 568 g/mol. The van der Waals surface area contributed by atoms with E-state index < -0.39 is 17.8 Å². The second-order valence-corrected chi connectivity index (χ2v) is 9.84. The second kappa shape index (κ2) is 11.5. The van der Waals surface area contributed by atoms with Gasteiger partial charge in [0.2, 0.25) is 0 Å². The van der Waals surface area contributed by atoms with E-state index in [0.29, 0.717) is 28.1 Å². The fraction of sp³-hybridized carbons (Fsp3) is 0.276. The number of aromatic nitrogens is 2. The quantitative estimate of drug-likeness (QED) is 0.290. The highest BCUT2D eigenvalue weighted by Gasteiger charge is 2.32. The summed E-state index contributed by atoms with van der Waals surface area (Å²) in [7, 11) is 3.57. The van der Waals surface area contributed by atoms with E-state index in [4.69, 9.17) is 9.47 Å². The summed E-state index contributed by atoms with van der Waals surface area (Å²) in [5.41, 5.74) is -0.368. The molecular weight excluding hydrogens is 539 g/mol. The van der Waals surface area contributed by atoms with E-state index in [0.717, 1.165) is 31.5 Å². The van der Waals surface area contributed by atoms with Crippen LogP contribution in [-0.2, 0) is 13.2 Å². The van der Waals surface area contributed by atoms with Crippen LogP contribution in [0.5, 0.6) is 17.2 Å². The Morgan fingerprint density at radius 1 is 1.05 bits per heavy atom. The lowest BCUT2D eigenvalue weighted by molar-refractivity contribution is -0.137. The molecule has 1 aromatic heterocycles. The second-order valence-electron chi connectivity index (χ2n) is 9.84. The SMILES string of the molecule is CN1CCC[C@H]1COc1ccc(C(F)(F)F)cc1NC(=O)Nc1cccc(Oc2ccc3ncn(C)c(=O)c3c2)c1. The molecule has 9 nitrogen and oxygen atoms in total. The van der Waals surface area contributed by atoms with Crippen LogP contribution in [-0.4, -0.2) is 46.7 Å². The van der Waals surface area contributed by atoms with Gasteiger partial charge in [0, 0.05) is 24.8 Å². The van der Waals surface area contributed by atoms with Crippen molar-refractivity contribution in [1.29, 1.82) is 0 Å². The number of carbonyl (C=O) groups is 1. The molecule has 41 heavy (non-hydrogen) atoms. The molecular formula is C29H28F3N5O4. The number of nitrogens with one attached hydrogen (secondary N) is 2. The van der Waals surface area contributed by atoms with Crippen molar-refractivity contribution in [2.24, 2.45) is 7.05 Å². The first-order chi connectivity index (χ1) is 19.6. The third kappa shape index (κ3) is 6.60. The Labute approximate surface area is 233 Å². The highest BCUT2D eigenvalue weighted by molar-refractivity contribution is 6.00. The Morgan fingerprint density at radius 2 is 1.85 bits per heavy atom. The lowest BCUT2D eigenvalue weighted by Gasteiger charge is -2.21. The Hall–Kier alpha value is -4.58. The molecule has 1 atom stereocenters. The van der Waals surface area contributed by atoms with Crippen LogP contribution in [0.2, 0.25) is 0 Å². The summed E-state index contributed by atoms with van der Waals surface area (Å²) in [6, 6.07) is 13.7. The molecule has 1 aliphatic heterocycles. The van der Waals surface area contributed by atoms with E-state index >= 15 is 0 Å². The molecule has 3 aromatic carbocycles. The summed E-state index contributed by atoms with van der Waals surface area (Å²) in [5.74, 6) is 0.900. The van der Waals surface area contributed by atoms with Crippen LogP contribution in [0, 0.1) is 0 Å². The predicted molar refractivity (Wildman–Crippen MR) is 149 cm³/mol. The van der Waals surface area contributed by atoms with Crippen molar-refractivity contribution in [2.45, 2.75) is 25.1 Å². The van der Waals surface area contributed by atoms with Crippen molar-refractivity contribution in [3.8, 4) is 17.2 Å². The molecule has 0 unspecified atom stereocenters. The maximum atomic E-state index is 13.4. The molecule has 1 aliphatic rings. The molecule has 1 fully saturated rings. The lowest BCUT2D eigenvalue weighted by Crippen LogP contribution is -2.30. The molecule has 2 heterocycles. The lowest BCUT2D eigenvalue weighted by atomic mass is 10.1. The first-order valence-corrected chi connectivity index (χ1v) is 12.9. The van der Waals surface area contributed by atoms with Gasteiger partial charge in [-0.25, -0.2) is 9.78 Å². The van der Waals surface area contributed by atoms with E-state index in [1.807, 2.05) is 7.05 Å². The summed E-state index contributed by atoms with van der Waals surface area (Å²) in [6.45, 7) is 1.21. The van der Waals surface area contributed by atoms with E-state index in [1.54, 1.807) is 49.5 Å². The standard InChI is InChI=1S/C29H28F3N5O4/c1-36-12-4-6-20(36)16-40-26-11-8-18(29(30,31)32)13-25(26)35-28(39)34-19-5-3-7-21(14-19)41-22-9-10-24-23(15-22)27(38)37(2)17-33-24/h3,5,7-11,13-15,17,20H,4,6,12,16H2,1-2H3,(H2,34,35,39)/t20-/m0/s1. The van der Waals surface area contributed by atoms with Crippen LogP contribution in [0.25, 0.3) is 10.9 Å². The van der Waals surface area contributed by atoms with Crippen LogP contribution in [0.4, 0.5) is 29.3 Å². The van der Waals surface area contributed by atoms with E-state index in [2.05, 4.69) is 20.5 Å². The number of aryl methyl sites for hydroxylation is 1. The van der Waals surface area contributed by atoms with Crippen LogP contribution >= 0.6 is 0 Å². The van der Waals surface area contributed by atoms with Gasteiger partial charge < -0.3 is 29.6 Å². The van der Waals surface area contributed by atoms with E-state index in [9.17, 15) is 22.8 Å². The van der Waals surface area contributed by atoms with Gasteiger partial charge in [0.1, 0.15) is 23.9 Å². The number of rotatable bonds is 7. The Kier molecular flexibility index (Phi) is 7.84. The number of fused-ring (bicyclic) bond motifs is 1. The Morgan fingerprint density at radius 3 is 2.61 bits per heavy atom. The number of anilines is 2. The maximum absolute atomic E-state index is 13.4. The zero-order valence-corrected chi connectivity index (χ0v) is 22.4. The first kappa shape index (κ1) is 28.0. The molecule has 2 amide bonds. The topological polar surface area (TPSA) is 97.7 Å². The number of hydrogen-bond donors (Lipinski definition) is 2. The Balaban J connectivity index is 1.30. The monoisotopic (exact) mass is 567 g/mol. The predicted octanol–water partition coefficient (Wildman–Crippen LogP) is 5.86. The molecule has 214 valence electrons. The van der Waals surface area contributed by atoms with Gasteiger partial charge in [-0.2, -0.15) is 13.2 Å². The normalized spacial score (nSPS) is 15.6. The summed E-state index contributed by atoms with van der Waals surface area (Å²) in [5, 5.41) is 5.49. The van der Waals surface area contributed by atoms with Crippen molar-refractivity contribution in [2.75, 3.05) is 30.8 Å². The Bertz CT molecular complexity index is 1640. The highest BCUT2D eigenvalue weighted by Crippen LogP contribution is 2.35. The third-order valence-electron chi connectivity index (χ3n) is 6.87. The van der Waals surface area contributed by atoms with E-state index in [1.165, 1.54) is 17.0 Å². The number of alkyl halides is 3. The number of likely N-dealkylation sites (tertiary alicyclic amines) is 1. The van der Waals surface area contributed by atoms with Gasteiger partial charge in [0.05, 0.1) is 28.5 Å². The largest absolute Gasteiger partial charge is 0.490 e. The number of halogens is 3. The average Bonchev–Trinajstić information content (AvgIpc) is 3.34. The zero-order chi connectivity index (χ0) is 29.1. The number of hydrogen-bond acceptors (Lipinski definition) is 6. The van der Waals surface area contributed by atoms with Gasteiger partial charge >= 0.3 is 12.2 Å². The molecule has 0 spiro atoms. The minimum atomic E-state index is -4.59. The number of likely N-dealkylation sites (N-methyl/N-ethyl adjacent to an activating group) is 1. The maximum Gasteiger partial charge on any atom is 0.416 e. The molecule has 0 aliphatic carbocycles. The smallest absolute Gasteiger partial charge is 0.416 e. The van der Waals surface area contributed by atoms with Crippen LogP contribution in [0.3, 0.4) is 0 Å². The molecule has 1 saturated heterocycles. The number of carbonyl (C=O) groups excluding carboxylic acids is 1. The van der Waals surface area contributed by atoms with Crippen molar-refractivity contribution < 1.29 is 27.4 Å². The number of nitrogens with zero attached hydrogens (tertiary/aromatic N) is 3. The fourth-order valence-corrected chi connectivity index (χ4v) is 4.62. The van der Waals surface area contributed by atoms with Gasteiger partial charge in [-0.3, -0.25) is 4.79 Å². The van der Waals surface area contributed by atoms with Crippen molar-refractivity contribution in [3.63, 3.8) is 0 Å². The van der Waals surface area contributed by atoms with Crippen LogP contribution in [0.15, 0.2) is 71.8 Å². The highest BCUT2D eigenvalue weighted by atomic mass is 19.4. The number of amides is 2. The third-order valence-corrected chi connectivity index (χ3v) is 6.87. The van der Waals surface area contributed by atoms with Gasteiger partial charge in [0.25, 0.3) is 5.56 Å². The summed E-state index contributed by atoms with van der Waals surface area (Å²) in [6.07, 6.45) is -1.21. The van der Waals surface area contributed by atoms with Gasteiger partial charge in [-0.1, -0.05) is 6.07 Å². The van der Waals surface area contributed by atoms with Crippen LogP contribution in [0.1, 0.15) is 18.4 Å². The molecule has 0 saturated carbocycles. The van der Waals surface area contributed by atoms with Gasteiger partial charge in [-0.15, -0.1) is 0 Å². The van der Waals surface area contributed by atoms with Gasteiger partial charge in [0.15, 0.2) is 0 Å². The van der Waals surface area contributed by atoms with E-state index in [-0.39, 0.29) is 29.6 Å². The zero-order valence-electron chi connectivity index (χ0n) is 22.4. The molecule has 0 radical (unpaired) electrons.